The van der Waals surface area contributed by atoms with Gasteiger partial charge in [0, 0.05) is 28.3 Å². The maximum Gasteiger partial charge on any atom is 0.250 e. The fraction of sp³-hybridized carbons (Fsp3) is 0.238. The van der Waals surface area contributed by atoms with Gasteiger partial charge in [-0.15, -0.1) is 0 Å². The van der Waals surface area contributed by atoms with Gasteiger partial charge in [0.05, 0.1) is 27.7 Å². The largest absolute Gasteiger partial charge is 0.316 e. The van der Waals surface area contributed by atoms with Crippen LogP contribution in [0.25, 0.3) is 5.69 Å². The van der Waals surface area contributed by atoms with Gasteiger partial charge in [0.2, 0.25) is 0 Å². The van der Waals surface area contributed by atoms with Crippen LogP contribution in [0.5, 0.6) is 0 Å². The molecule has 0 aliphatic heterocycles. The molecule has 0 saturated carbocycles. The van der Waals surface area contributed by atoms with Gasteiger partial charge in [-0.05, 0) is 52.0 Å². The van der Waals surface area contributed by atoms with Crippen molar-refractivity contribution in [3.05, 3.63) is 68.7 Å². The summed E-state index contributed by atoms with van der Waals surface area (Å²) in [6, 6.07) is 9.37. The van der Waals surface area contributed by atoms with Gasteiger partial charge in [-0.25, -0.2) is 15.4 Å². The zero-order valence-corrected chi connectivity index (χ0v) is 19.4. The number of aromatic nitrogens is 3. The molecule has 0 aliphatic rings. The predicted molar refractivity (Wildman–Crippen MR) is 123 cm³/mol. The van der Waals surface area contributed by atoms with Crippen LogP contribution in [0.15, 0.2) is 40.6 Å². The highest BCUT2D eigenvalue weighted by Gasteiger charge is 2.13. The van der Waals surface area contributed by atoms with Crippen molar-refractivity contribution in [3.63, 3.8) is 0 Å². The number of hydrazone groups is 1. The first-order valence-electron chi connectivity index (χ1n) is 9.16. The van der Waals surface area contributed by atoms with Crippen molar-refractivity contribution in [3.8, 4) is 5.69 Å². The number of nitrogens with one attached hydrogen (secondary N) is 1. The maximum absolute atomic E-state index is 12.1. The van der Waals surface area contributed by atoms with Gasteiger partial charge < -0.3 is 4.57 Å². The summed E-state index contributed by atoms with van der Waals surface area (Å²) in [6.07, 6.45) is 1.62. The molecule has 0 bridgehead atoms. The lowest BCUT2D eigenvalue weighted by Gasteiger charge is -2.12. The van der Waals surface area contributed by atoms with E-state index in [1.165, 1.54) is 11.8 Å². The highest BCUT2D eigenvalue weighted by molar-refractivity contribution is 7.99. The second-order valence-corrected chi connectivity index (χ2v) is 8.48. The molecule has 0 spiro atoms. The number of hydrogen-bond acceptors (Lipinski definition) is 5. The molecule has 0 aliphatic carbocycles. The molecule has 0 atom stereocenters. The number of rotatable bonds is 6. The number of carbonyl (C=O) groups is 1. The van der Waals surface area contributed by atoms with Crippen molar-refractivity contribution >= 4 is 47.1 Å². The van der Waals surface area contributed by atoms with Gasteiger partial charge in [-0.1, -0.05) is 41.0 Å². The van der Waals surface area contributed by atoms with Crippen molar-refractivity contribution in [1.29, 1.82) is 0 Å². The maximum atomic E-state index is 12.1. The molecular weight excluding hydrogens is 441 g/mol. The van der Waals surface area contributed by atoms with Crippen LogP contribution in [0.3, 0.4) is 0 Å². The topological polar surface area (TPSA) is 72.2 Å². The molecule has 3 rings (SSSR count). The summed E-state index contributed by atoms with van der Waals surface area (Å²) in [5.41, 5.74) is 7.88. The Bertz CT molecular complexity index is 1110. The SMILES string of the molecule is Cc1cc(C)nc(SCC(=O)NN=Cc2cc(C)n(-c3cccc(Cl)c3Cl)c2C)n1. The van der Waals surface area contributed by atoms with Crippen molar-refractivity contribution in [2.24, 2.45) is 5.10 Å². The first-order valence-corrected chi connectivity index (χ1v) is 10.9. The van der Waals surface area contributed by atoms with Gasteiger partial charge in [-0.2, -0.15) is 5.10 Å². The van der Waals surface area contributed by atoms with Crippen LogP contribution < -0.4 is 5.43 Å². The molecule has 0 unspecified atom stereocenters. The van der Waals surface area contributed by atoms with Crippen molar-refractivity contribution in [1.82, 2.24) is 20.0 Å². The van der Waals surface area contributed by atoms with E-state index in [1.807, 2.05) is 56.5 Å². The minimum absolute atomic E-state index is 0.178. The second kappa shape index (κ2) is 9.64. The van der Waals surface area contributed by atoms with Crippen LogP contribution in [-0.4, -0.2) is 32.4 Å². The van der Waals surface area contributed by atoms with E-state index in [0.717, 1.165) is 34.0 Å². The van der Waals surface area contributed by atoms with Gasteiger partial charge >= 0.3 is 0 Å². The third kappa shape index (κ3) is 5.22. The normalized spacial score (nSPS) is 11.3. The summed E-state index contributed by atoms with van der Waals surface area (Å²) in [5, 5.41) is 5.65. The molecule has 2 aromatic heterocycles. The van der Waals surface area contributed by atoms with E-state index in [2.05, 4.69) is 20.5 Å². The first-order chi connectivity index (χ1) is 14.3. The number of thioether (sulfide) groups is 1. The van der Waals surface area contributed by atoms with E-state index in [4.69, 9.17) is 23.2 Å². The van der Waals surface area contributed by atoms with E-state index < -0.39 is 0 Å². The molecule has 30 heavy (non-hydrogen) atoms. The van der Waals surface area contributed by atoms with Crippen molar-refractivity contribution < 1.29 is 4.79 Å². The van der Waals surface area contributed by atoms with Crippen LogP contribution in [0, 0.1) is 27.7 Å². The number of halogens is 2. The van der Waals surface area contributed by atoms with Crippen LogP contribution in [0.4, 0.5) is 0 Å². The lowest BCUT2D eigenvalue weighted by Crippen LogP contribution is -2.19. The lowest BCUT2D eigenvalue weighted by molar-refractivity contribution is -0.118. The lowest BCUT2D eigenvalue weighted by atomic mass is 10.2. The van der Waals surface area contributed by atoms with E-state index in [0.29, 0.717) is 15.2 Å². The summed E-state index contributed by atoms with van der Waals surface area (Å²) >= 11 is 13.8. The zero-order chi connectivity index (χ0) is 21.8. The number of amides is 1. The Kier molecular flexibility index (Phi) is 7.18. The molecule has 6 nitrogen and oxygen atoms in total. The Labute approximate surface area is 189 Å². The van der Waals surface area contributed by atoms with E-state index in [-0.39, 0.29) is 11.7 Å². The molecule has 0 radical (unpaired) electrons. The first kappa shape index (κ1) is 22.3. The molecule has 156 valence electrons. The van der Waals surface area contributed by atoms with Gasteiger partial charge in [0.25, 0.3) is 5.91 Å². The van der Waals surface area contributed by atoms with Crippen LogP contribution in [0.2, 0.25) is 10.0 Å². The minimum Gasteiger partial charge on any atom is -0.316 e. The molecule has 0 saturated heterocycles. The van der Waals surface area contributed by atoms with E-state index in [1.54, 1.807) is 12.3 Å². The summed E-state index contributed by atoms with van der Waals surface area (Å²) in [4.78, 5) is 20.7. The van der Waals surface area contributed by atoms with Crippen LogP contribution in [0.1, 0.15) is 28.3 Å². The third-order valence-corrected chi connectivity index (χ3v) is 5.99. The molecular formula is C21H21Cl2N5OS. The average molecular weight is 462 g/mol. The molecule has 9 heteroatoms. The second-order valence-electron chi connectivity index (χ2n) is 6.75. The Morgan fingerprint density at radius 1 is 1.17 bits per heavy atom. The predicted octanol–water partition coefficient (Wildman–Crippen LogP) is 5.05. The quantitative estimate of drug-likeness (QED) is 0.241. The Morgan fingerprint density at radius 3 is 2.57 bits per heavy atom. The molecule has 1 amide bonds. The van der Waals surface area contributed by atoms with Crippen LogP contribution >= 0.6 is 35.0 Å². The number of carbonyl (C=O) groups excluding carboxylic acids is 1. The van der Waals surface area contributed by atoms with Gasteiger partial charge in [0.15, 0.2) is 5.16 Å². The van der Waals surface area contributed by atoms with Crippen LogP contribution in [-0.2, 0) is 4.79 Å². The molecule has 0 fully saturated rings. The Morgan fingerprint density at radius 2 is 1.87 bits per heavy atom. The summed E-state index contributed by atoms with van der Waals surface area (Å²) in [5.74, 6) is -0.0529. The Balaban J connectivity index is 1.66. The summed E-state index contributed by atoms with van der Waals surface area (Å²) < 4.78 is 2.00. The number of aryl methyl sites for hydroxylation is 3. The van der Waals surface area contributed by atoms with E-state index >= 15 is 0 Å². The third-order valence-electron chi connectivity index (χ3n) is 4.33. The van der Waals surface area contributed by atoms with Gasteiger partial charge in [-0.3, -0.25) is 4.79 Å². The monoisotopic (exact) mass is 461 g/mol. The number of benzene rings is 1. The fourth-order valence-corrected chi connectivity index (χ4v) is 4.17. The minimum atomic E-state index is -0.231. The summed E-state index contributed by atoms with van der Waals surface area (Å²) in [6.45, 7) is 7.73. The molecule has 1 aromatic carbocycles. The van der Waals surface area contributed by atoms with Crippen molar-refractivity contribution in [2.45, 2.75) is 32.9 Å². The standard InChI is InChI=1S/C21H21Cl2N5OS/c1-12-8-13(2)26-21(25-12)30-11-19(29)27-24-10-16-9-14(3)28(15(16)4)18-7-5-6-17(22)20(18)23/h5-10H,11H2,1-4H3,(H,27,29). The highest BCUT2D eigenvalue weighted by Crippen LogP contribution is 2.31. The van der Waals surface area contributed by atoms with Crippen molar-refractivity contribution in [2.75, 3.05) is 5.75 Å². The molecule has 1 N–H and O–H groups in total. The highest BCUT2D eigenvalue weighted by atomic mass is 35.5. The smallest absolute Gasteiger partial charge is 0.250 e. The summed E-state index contributed by atoms with van der Waals surface area (Å²) in [7, 11) is 0. The van der Waals surface area contributed by atoms with Gasteiger partial charge in [0.1, 0.15) is 0 Å². The Hall–Kier alpha value is -2.35. The fourth-order valence-electron chi connectivity index (χ4n) is 3.05. The van der Waals surface area contributed by atoms with E-state index in [9.17, 15) is 4.79 Å². The average Bonchev–Trinajstić information content (AvgIpc) is 2.95. The zero-order valence-electron chi connectivity index (χ0n) is 17.0. The molecule has 3 aromatic rings. The number of nitrogens with zero attached hydrogens (tertiary/aromatic N) is 4. The number of hydrogen-bond donors (Lipinski definition) is 1. The molecule has 2 heterocycles.